The molecule has 0 spiro atoms. The fraction of sp³-hybridized carbons (Fsp3) is 0.0588. The number of nitrogens with one attached hydrogen (secondary N) is 1. The molecule has 8 heteroatoms. The minimum atomic E-state index is -1.19. The number of halogens is 2. The van der Waals surface area contributed by atoms with Crippen molar-refractivity contribution in [1.82, 2.24) is 5.32 Å². The summed E-state index contributed by atoms with van der Waals surface area (Å²) in [7, 11) is 0. The Morgan fingerprint density at radius 3 is 2.44 bits per heavy atom. The van der Waals surface area contributed by atoms with Crippen LogP contribution in [0.1, 0.15) is 0 Å². The van der Waals surface area contributed by atoms with Gasteiger partial charge in [-0.05, 0) is 59.0 Å². The number of carbonyl (C=O) groups excluding carboxylic acids is 3. The van der Waals surface area contributed by atoms with Crippen LogP contribution < -0.4 is 10.2 Å². The molecule has 126 valence electrons. The molecule has 0 bridgehead atoms. The summed E-state index contributed by atoms with van der Waals surface area (Å²) in [4.78, 5) is 41.9. The van der Waals surface area contributed by atoms with E-state index in [1.165, 1.54) is 18.3 Å². The number of carbonyl (C=O) groups is 3. The summed E-state index contributed by atoms with van der Waals surface area (Å²) < 4.78 is 0.880. The zero-order chi connectivity index (χ0) is 18.0. The van der Waals surface area contributed by atoms with E-state index in [9.17, 15) is 14.4 Å². The lowest BCUT2D eigenvalue weighted by Gasteiger charge is -2.28. The van der Waals surface area contributed by atoms with Crippen LogP contribution in [-0.2, 0) is 9.59 Å². The number of hydrogen-bond acceptors (Lipinski definition) is 4. The minimum absolute atomic E-state index is 0.326. The Bertz CT molecular complexity index is 883. The lowest BCUT2D eigenvalue weighted by molar-refractivity contribution is -0.131. The van der Waals surface area contributed by atoms with Gasteiger partial charge in [0, 0.05) is 14.8 Å². The van der Waals surface area contributed by atoms with E-state index < -0.39 is 23.8 Å². The van der Waals surface area contributed by atoms with Crippen LogP contribution in [0.5, 0.6) is 0 Å². The Morgan fingerprint density at radius 2 is 1.76 bits per heavy atom. The SMILES string of the molecule is O=C1NC(=O)N(c2ccc(Cl)cc2)C(=O)[C@@H]1C=Nc1ccccc1I. The molecule has 0 unspecified atom stereocenters. The van der Waals surface area contributed by atoms with Crippen LogP contribution in [-0.4, -0.2) is 24.1 Å². The molecule has 1 aliphatic rings. The highest BCUT2D eigenvalue weighted by molar-refractivity contribution is 14.1. The summed E-state index contributed by atoms with van der Waals surface area (Å²) in [5, 5.41) is 2.65. The molecule has 0 aliphatic carbocycles. The molecule has 25 heavy (non-hydrogen) atoms. The van der Waals surface area contributed by atoms with Gasteiger partial charge in [-0.25, -0.2) is 9.69 Å². The van der Waals surface area contributed by atoms with Crippen LogP contribution in [0.15, 0.2) is 53.5 Å². The third-order valence-corrected chi connectivity index (χ3v) is 4.67. The van der Waals surface area contributed by atoms with E-state index in [2.05, 4.69) is 32.9 Å². The highest BCUT2D eigenvalue weighted by Crippen LogP contribution is 2.24. The number of amides is 4. The van der Waals surface area contributed by atoms with Crippen molar-refractivity contribution in [2.75, 3.05) is 4.90 Å². The number of benzene rings is 2. The van der Waals surface area contributed by atoms with Gasteiger partial charge in [0.05, 0.1) is 11.4 Å². The molecule has 1 fully saturated rings. The third kappa shape index (κ3) is 3.72. The van der Waals surface area contributed by atoms with Gasteiger partial charge in [0.25, 0.3) is 5.91 Å². The molecule has 2 aromatic carbocycles. The first-order chi connectivity index (χ1) is 12.0. The van der Waals surface area contributed by atoms with E-state index in [4.69, 9.17) is 11.6 Å². The normalized spacial score (nSPS) is 17.9. The monoisotopic (exact) mass is 467 g/mol. The molecule has 1 heterocycles. The Hall–Kier alpha value is -2.26. The quantitative estimate of drug-likeness (QED) is 0.426. The molecule has 6 nitrogen and oxygen atoms in total. The summed E-state index contributed by atoms with van der Waals surface area (Å²) in [5.74, 6) is -2.55. The summed E-state index contributed by atoms with van der Waals surface area (Å²) >= 11 is 7.94. The van der Waals surface area contributed by atoms with Crippen molar-refractivity contribution in [3.05, 3.63) is 57.1 Å². The first-order valence-corrected chi connectivity index (χ1v) is 8.66. The van der Waals surface area contributed by atoms with Crippen molar-refractivity contribution in [3.8, 4) is 0 Å². The smallest absolute Gasteiger partial charge is 0.276 e. The highest BCUT2D eigenvalue weighted by atomic mass is 127. The lowest BCUT2D eigenvalue weighted by Crippen LogP contribution is -2.58. The maximum absolute atomic E-state index is 12.7. The van der Waals surface area contributed by atoms with E-state index in [1.54, 1.807) is 24.3 Å². The Labute approximate surface area is 162 Å². The summed E-state index contributed by atoms with van der Waals surface area (Å²) in [5.41, 5.74) is 0.964. The second kappa shape index (κ2) is 7.32. The van der Waals surface area contributed by atoms with Crippen molar-refractivity contribution in [1.29, 1.82) is 0 Å². The average Bonchev–Trinajstić information content (AvgIpc) is 2.57. The van der Waals surface area contributed by atoms with Crippen molar-refractivity contribution in [2.45, 2.75) is 0 Å². The number of barbiturate groups is 1. The van der Waals surface area contributed by atoms with Crippen LogP contribution >= 0.6 is 34.2 Å². The number of rotatable bonds is 3. The zero-order valence-corrected chi connectivity index (χ0v) is 15.6. The molecule has 1 atom stereocenters. The van der Waals surface area contributed by atoms with Gasteiger partial charge in [0.2, 0.25) is 5.91 Å². The van der Waals surface area contributed by atoms with E-state index >= 15 is 0 Å². The first kappa shape index (κ1) is 17.6. The molecule has 1 N–H and O–H groups in total. The first-order valence-electron chi connectivity index (χ1n) is 7.20. The van der Waals surface area contributed by atoms with Crippen LogP contribution in [0, 0.1) is 9.49 Å². The molecule has 0 aromatic heterocycles. The Balaban J connectivity index is 1.90. The maximum atomic E-state index is 12.7. The topological polar surface area (TPSA) is 78.8 Å². The Kier molecular flexibility index (Phi) is 5.14. The van der Waals surface area contributed by atoms with Gasteiger partial charge >= 0.3 is 6.03 Å². The van der Waals surface area contributed by atoms with Crippen LogP contribution in [0.4, 0.5) is 16.2 Å². The van der Waals surface area contributed by atoms with Crippen molar-refractivity contribution >= 4 is 69.6 Å². The Morgan fingerprint density at radius 1 is 1.08 bits per heavy atom. The summed E-state index contributed by atoms with van der Waals surface area (Å²) in [6, 6.07) is 12.7. The van der Waals surface area contributed by atoms with Gasteiger partial charge in [0.1, 0.15) is 0 Å². The lowest BCUT2D eigenvalue weighted by atomic mass is 10.1. The minimum Gasteiger partial charge on any atom is -0.276 e. The van der Waals surface area contributed by atoms with Crippen molar-refractivity contribution in [3.63, 3.8) is 0 Å². The van der Waals surface area contributed by atoms with Crippen LogP contribution in [0.2, 0.25) is 5.02 Å². The van der Waals surface area contributed by atoms with E-state index in [1.807, 2.05) is 12.1 Å². The summed E-state index contributed by atoms with van der Waals surface area (Å²) in [6.45, 7) is 0. The standard InChI is InChI=1S/C17H11ClIN3O3/c18-10-5-7-11(8-6-10)22-16(24)12(15(23)21-17(22)25)9-20-14-4-2-1-3-13(14)19/h1-9,12H,(H,21,23,25)/t12-/m1/s1. The van der Waals surface area contributed by atoms with Crippen molar-refractivity contribution < 1.29 is 14.4 Å². The second-order valence-corrected chi connectivity index (χ2v) is 6.75. The molecule has 4 amide bonds. The van der Waals surface area contributed by atoms with Crippen LogP contribution in [0.3, 0.4) is 0 Å². The molecule has 1 aliphatic heterocycles. The van der Waals surface area contributed by atoms with Gasteiger partial charge in [-0.15, -0.1) is 0 Å². The number of para-hydroxylation sites is 1. The highest BCUT2D eigenvalue weighted by Gasteiger charge is 2.40. The largest absolute Gasteiger partial charge is 0.335 e. The number of imide groups is 2. The second-order valence-electron chi connectivity index (χ2n) is 5.15. The van der Waals surface area contributed by atoms with E-state index in [-0.39, 0.29) is 0 Å². The molecule has 2 aromatic rings. The predicted octanol–water partition coefficient (Wildman–Crippen LogP) is 3.55. The molecule has 1 saturated heterocycles. The number of anilines is 1. The fourth-order valence-corrected chi connectivity index (χ4v) is 2.92. The molecule has 0 saturated carbocycles. The predicted molar refractivity (Wildman–Crippen MR) is 103 cm³/mol. The maximum Gasteiger partial charge on any atom is 0.335 e. The van der Waals surface area contributed by atoms with Gasteiger partial charge < -0.3 is 0 Å². The van der Waals surface area contributed by atoms with Crippen LogP contribution in [0.25, 0.3) is 0 Å². The number of nitrogens with zero attached hydrogens (tertiary/aromatic N) is 2. The number of aliphatic imine (C=N–C) groups is 1. The van der Waals surface area contributed by atoms with Gasteiger partial charge in [0.15, 0.2) is 5.92 Å². The zero-order valence-electron chi connectivity index (χ0n) is 12.6. The van der Waals surface area contributed by atoms with E-state index in [0.29, 0.717) is 16.4 Å². The number of hydrogen-bond donors (Lipinski definition) is 1. The number of urea groups is 1. The fourth-order valence-electron chi connectivity index (χ4n) is 2.27. The molecule has 3 rings (SSSR count). The molecular formula is C17H11ClIN3O3. The van der Waals surface area contributed by atoms with E-state index in [0.717, 1.165) is 8.47 Å². The molecular weight excluding hydrogens is 457 g/mol. The molecule has 0 radical (unpaired) electrons. The third-order valence-electron chi connectivity index (χ3n) is 3.50. The van der Waals surface area contributed by atoms with Gasteiger partial charge in [-0.2, -0.15) is 0 Å². The average molecular weight is 468 g/mol. The van der Waals surface area contributed by atoms with Gasteiger partial charge in [-0.1, -0.05) is 23.7 Å². The van der Waals surface area contributed by atoms with Gasteiger partial charge in [-0.3, -0.25) is 19.9 Å². The van der Waals surface area contributed by atoms with Crippen molar-refractivity contribution in [2.24, 2.45) is 10.9 Å². The summed E-state index contributed by atoms with van der Waals surface area (Å²) in [6.07, 6.45) is 1.25.